The van der Waals surface area contributed by atoms with E-state index in [2.05, 4.69) is 40.5 Å². The largest absolute Gasteiger partial charge is 0.393 e. The third-order valence-electron chi connectivity index (χ3n) is 6.26. The van der Waals surface area contributed by atoms with Crippen LogP contribution in [0.25, 0.3) is 0 Å². The molecule has 2 rings (SSSR count). The summed E-state index contributed by atoms with van der Waals surface area (Å²) in [5, 5.41) is 10.4. The number of fused-ring (bicyclic) bond motifs is 1. The molecule has 2 saturated carbocycles. The molecule has 0 bridgehead atoms. The Balaban J connectivity index is 2.27. The van der Waals surface area contributed by atoms with Crippen LogP contribution in [0.2, 0.25) is 0 Å². The van der Waals surface area contributed by atoms with Crippen molar-refractivity contribution in [1.82, 2.24) is 0 Å². The minimum absolute atomic E-state index is 0.169. The lowest BCUT2D eigenvalue weighted by molar-refractivity contribution is -0.105. The molecular formula is C20H32O. The van der Waals surface area contributed by atoms with Crippen LogP contribution in [0.3, 0.4) is 0 Å². The lowest BCUT2D eigenvalue weighted by Crippen LogP contribution is -2.53. The summed E-state index contributed by atoms with van der Waals surface area (Å²) in [4.78, 5) is 0. The molecule has 0 amide bonds. The number of allylic oxidation sites excluding steroid dienone is 3. The molecule has 0 saturated heterocycles. The Kier molecular flexibility index (Phi) is 4.54. The van der Waals surface area contributed by atoms with Crippen molar-refractivity contribution in [1.29, 1.82) is 0 Å². The van der Waals surface area contributed by atoms with Crippen LogP contribution in [0.4, 0.5) is 0 Å². The summed E-state index contributed by atoms with van der Waals surface area (Å²) in [5.74, 6) is 1.18. The van der Waals surface area contributed by atoms with Gasteiger partial charge in [-0.25, -0.2) is 0 Å². The van der Waals surface area contributed by atoms with Crippen LogP contribution in [-0.2, 0) is 0 Å². The van der Waals surface area contributed by atoms with E-state index >= 15 is 0 Å². The van der Waals surface area contributed by atoms with E-state index in [9.17, 15) is 5.11 Å². The van der Waals surface area contributed by atoms with E-state index in [1.54, 1.807) is 0 Å². The molecule has 1 N–H and O–H groups in total. The van der Waals surface area contributed by atoms with Crippen molar-refractivity contribution >= 4 is 0 Å². The van der Waals surface area contributed by atoms with Gasteiger partial charge in [-0.3, -0.25) is 0 Å². The first kappa shape index (κ1) is 16.5. The van der Waals surface area contributed by atoms with Gasteiger partial charge in [-0.15, -0.1) is 0 Å². The summed E-state index contributed by atoms with van der Waals surface area (Å²) in [6.07, 6.45) is 8.02. The Bertz CT molecular complexity index is 445. The van der Waals surface area contributed by atoms with Crippen LogP contribution in [0.1, 0.15) is 59.3 Å². The van der Waals surface area contributed by atoms with Crippen LogP contribution in [0, 0.1) is 22.7 Å². The molecule has 0 unspecified atom stereocenters. The van der Waals surface area contributed by atoms with Gasteiger partial charge in [0.25, 0.3) is 0 Å². The summed E-state index contributed by atoms with van der Waals surface area (Å²) in [6.45, 7) is 19.3. The lowest BCUT2D eigenvalue weighted by atomic mass is 9.46. The molecule has 118 valence electrons. The van der Waals surface area contributed by atoms with Gasteiger partial charge in [0.15, 0.2) is 0 Å². The van der Waals surface area contributed by atoms with Crippen LogP contribution < -0.4 is 0 Å². The van der Waals surface area contributed by atoms with Crippen LogP contribution in [0.15, 0.2) is 37.0 Å². The average molecular weight is 288 g/mol. The molecule has 0 radical (unpaired) electrons. The van der Waals surface area contributed by atoms with Crippen molar-refractivity contribution in [3.8, 4) is 0 Å². The minimum atomic E-state index is -0.169. The van der Waals surface area contributed by atoms with Crippen molar-refractivity contribution in [2.24, 2.45) is 22.7 Å². The molecule has 0 aromatic heterocycles. The molecule has 0 aromatic rings. The highest BCUT2D eigenvalue weighted by molar-refractivity contribution is 5.18. The van der Waals surface area contributed by atoms with E-state index in [1.165, 1.54) is 12.0 Å². The number of aliphatic hydroxyl groups is 1. The Morgan fingerprint density at radius 1 is 1.33 bits per heavy atom. The first-order valence-electron chi connectivity index (χ1n) is 8.36. The van der Waals surface area contributed by atoms with Gasteiger partial charge in [0.1, 0.15) is 0 Å². The molecule has 21 heavy (non-hydrogen) atoms. The molecule has 0 spiro atoms. The van der Waals surface area contributed by atoms with E-state index < -0.39 is 0 Å². The fourth-order valence-corrected chi connectivity index (χ4v) is 5.41. The van der Waals surface area contributed by atoms with Gasteiger partial charge in [-0.2, -0.15) is 0 Å². The standard InChI is InChI=1S/C20H32O/c1-7-14(2)8-10-17-15(3)9-11-18-19(4,5)12-16(21)13-20(17,18)6/h7,16-18,21H,1-3,8-13H2,4-6H3/t16-,17+,18+,20-/m1/s1. The van der Waals surface area contributed by atoms with Crippen LogP contribution >= 0.6 is 0 Å². The molecule has 0 aromatic carbocycles. The second-order valence-corrected chi connectivity index (χ2v) is 8.26. The second kappa shape index (κ2) is 5.76. The summed E-state index contributed by atoms with van der Waals surface area (Å²) >= 11 is 0. The maximum atomic E-state index is 10.4. The Hall–Kier alpha value is -0.820. The van der Waals surface area contributed by atoms with Gasteiger partial charge in [0.2, 0.25) is 0 Å². The zero-order valence-electron chi connectivity index (χ0n) is 14.1. The molecule has 0 heterocycles. The molecule has 1 nitrogen and oxygen atoms in total. The molecule has 2 aliphatic carbocycles. The number of rotatable bonds is 4. The van der Waals surface area contributed by atoms with E-state index in [4.69, 9.17) is 0 Å². The lowest BCUT2D eigenvalue weighted by Gasteiger charge is -2.59. The zero-order valence-corrected chi connectivity index (χ0v) is 14.1. The minimum Gasteiger partial charge on any atom is -0.393 e. The van der Waals surface area contributed by atoms with Crippen molar-refractivity contribution in [2.45, 2.75) is 65.4 Å². The first-order chi connectivity index (χ1) is 9.70. The maximum Gasteiger partial charge on any atom is 0.0551 e. The first-order valence-corrected chi connectivity index (χ1v) is 8.36. The third-order valence-corrected chi connectivity index (χ3v) is 6.26. The summed E-state index contributed by atoms with van der Waals surface area (Å²) in [5.41, 5.74) is 2.90. The highest BCUT2D eigenvalue weighted by Crippen LogP contribution is 2.61. The number of aliphatic hydroxyl groups excluding tert-OH is 1. The zero-order chi connectivity index (χ0) is 15.8. The molecule has 1 heteroatoms. The van der Waals surface area contributed by atoms with Crippen molar-refractivity contribution in [3.63, 3.8) is 0 Å². The van der Waals surface area contributed by atoms with E-state index in [-0.39, 0.29) is 16.9 Å². The predicted molar refractivity (Wildman–Crippen MR) is 91.1 cm³/mol. The highest BCUT2D eigenvalue weighted by atomic mass is 16.3. The maximum absolute atomic E-state index is 10.4. The predicted octanol–water partition coefficient (Wildman–Crippen LogP) is 5.28. The van der Waals surface area contributed by atoms with Crippen LogP contribution in [0.5, 0.6) is 0 Å². The molecule has 2 fully saturated rings. The molecule has 2 aliphatic rings. The van der Waals surface area contributed by atoms with Gasteiger partial charge in [-0.05, 0) is 61.2 Å². The van der Waals surface area contributed by atoms with Gasteiger partial charge in [-0.1, -0.05) is 57.7 Å². The van der Waals surface area contributed by atoms with E-state index in [1.807, 2.05) is 6.08 Å². The summed E-state index contributed by atoms with van der Waals surface area (Å²) in [7, 11) is 0. The number of hydrogen-bond donors (Lipinski definition) is 1. The third kappa shape index (κ3) is 3.04. The van der Waals surface area contributed by atoms with Crippen molar-refractivity contribution in [2.75, 3.05) is 0 Å². The smallest absolute Gasteiger partial charge is 0.0551 e. The Labute approximate surface area is 130 Å². The van der Waals surface area contributed by atoms with Gasteiger partial charge < -0.3 is 5.11 Å². The van der Waals surface area contributed by atoms with Gasteiger partial charge >= 0.3 is 0 Å². The normalized spacial score (nSPS) is 38.7. The van der Waals surface area contributed by atoms with Gasteiger partial charge in [0.05, 0.1) is 6.10 Å². The monoisotopic (exact) mass is 288 g/mol. The molecular weight excluding hydrogens is 256 g/mol. The second-order valence-electron chi connectivity index (χ2n) is 8.26. The topological polar surface area (TPSA) is 20.2 Å². The molecule has 4 atom stereocenters. The molecule has 0 aliphatic heterocycles. The number of hydrogen-bond acceptors (Lipinski definition) is 1. The summed E-state index contributed by atoms with van der Waals surface area (Å²) in [6, 6.07) is 0. The van der Waals surface area contributed by atoms with E-state index in [0.29, 0.717) is 11.8 Å². The van der Waals surface area contributed by atoms with Crippen molar-refractivity contribution in [3.05, 3.63) is 37.0 Å². The van der Waals surface area contributed by atoms with E-state index in [0.717, 1.165) is 37.7 Å². The SMILES string of the molecule is C=CC(=C)CC[C@H]1C(=C)CC[C@H]2C(C)(C)C[C@@H](O)C[C@]12C. The highest BCUT2D eigenvalue weighted by Gasteiger charge is 2.54. The van der Waals surface area contributed by atoms with Crippen molar-refractivity contribution < 1.29 is 5.11 Å². The Morgan fingerprint density at radius 2 is 2.00 bits per heavy atom. The summed E-state index contributed by atoms with van der Waals surface area (Å²) < 4.78 is 0. The van der Waals surface area contributed by atoms with Crippen LogP contribution in [-0.4, -0.2) is 11.2 Å². The average Bonchev–Trinajstić information content (AvgIpc) is 2.35. The quantitative estimate of drug-likeness (QED) is 0.551. The fraction of sp³-hybridized carbons (Fsp3) is 0.700. The van der Waals surface area contributed by atoms with Gasteiger partial charge in [0, 0.05) is 0 Å². The fourth-order valence-electron chi connectivity index (χ4n) is 5.41. The Morgan fingerprint density at radius 3 is 2.62 bits per heavy atom.